The van der Waals surface area contributed by atoms with Crippen molar-refractivity contribution in [2.75, 3.05) is 29.6 Å². The Balaban J connectivity index is 2.61. The number of thioether (sulfide) groups is 1. The van der Waals surface area contributed by atoms with Crippen molar-refractivity contribution in [2.24, 2.45) is 0 Å². The average molecular weight is 244 g/mol. The minimum Gasteiger partial charge on any atom is -0.399 e. The smallest absolute Gasteiger partial charge is 0.148 e. The Kier molecular flexibility index (Phi) is 4.44. The number of nitrogen functional groups attached to an aromatic ring is 1. The second-order valence-corrected chi connectivity index (χ2v) is 4.89. The second-order valence-electron chi connectivity index (χ2n) is 4.02. The summed E-state index contributed by atoms with van der Waals surface area (Å²) in [5.74, 6) is 0.191. The first-order valence-corrected chi connectivity index (χ1v) is 6.34. The molecule has 90 valence electrons. The lowest BCUT2D eigenvalue weighted by Crippen LogP contribution is -2.36. The molecule has 0 aromatic heterocycles. The lowest BCUT2D eigenvalue weighted by molar-refractivity contribution is 0.0996. The van der Waals surface area contributed by atoms with Crippen LogP contribution in [0.1, 0.15) is 6.92 Å². The summed E-state index contributed by atoms with van der Waals surface area (Å²) >= 11 is 1.55. The number of hydrogen-bond acceptors (Lipinski definition) is 4. The number of nitrogens with two attached hydrogens (primary N) is 1. The van der Waals surface area contributed by atoms with Crippen LogP contribution >= 0.6 is 11.8 Å². The van der Waals surface area contributed by atoms with Crippen LogP contribution in [0.5, 0.6) is 0 Å². The fourth-order valence-corrected chi connectivity index (χ4v) is 2.05. The van der Waals surface area contributed by atoms with Gasteiger partial charge in [-0.1, -0.05) is 0 Å². The fourth-order valence-electron chi connectivity index (χ4n) is 1.32. The molecule has 5 heteroatoms. The summed E-state index contributed by atoms with van der Waals surface area (Å²) in [6.45, 7) is 2.01. The maximum atomic E-state index is 13.4. The van der Waals surface area contributed by atoms with Crippen molar-refractivity contribution >= 4 is 23.1 Å². The molecule has 0 aliphatic carbocycles. The van der Waals surface area contributed by atoms with Crippen molar-refractivity contribution in [3.63, 3.8) is 0 Å². The van der Waals surface area contributed by atoms with E-state index in [4.69, 9.17) is 5.73 Å². The highest BCUT2D eigenvalue weighted by Gasteiger charge is 2.19. The normalized spacial score (nSPS) is 14.5. The summed E-state index contributed by atoms with van der Waals surface area (Å²) < 4.78 is 13.4. The van der Waals surface area contributed by atoms with Gasteiger partial charge in [0.05, 0.1) is 11.3 Å². The van der Waals surface area contributed by atoms with E-state index in [2.05, 4.69) is 5.32 Å². The largest absolute Gasteiger partial charge is 0.399 e. The molecule has 16 heavy (non-hydrogen) atoms. The maximum absolute atomic E-state index is 13.4. The van der Waals surface area contributed by atoms with E-state index in [1.165, 1.54) is 6.07 Å². The van der Waals surface area contributed by atoms with Gasteiger partial charge in [-0.2, -0.15) is 11.8 Å². The fraction of sp³-hybridized carbons (Fsp3) is 0.455. The third-order valence-electron chi connectivity index (χ3n) is 2.11. The van der Waals surface area contributed by atoms with Gasteiger partial charge in [0, 0.05) is 18.0 Å². The molecule has 0 radical (unpaired) electrons. The zero-order chi connectivity index (χ0) is 12.2. The summed E-state index contributed by atoms with van der Waals surface area (Å²) in [6, 6.07) is 4.44. The van der Waals surface area contributed by atoms with Crippen LogP contribution in [0.3, 0.4) is 0 Å². The Morgan fingerprint density at radius 3 is 2.81 bits per heavy atom. The molecule has 0 fully saturated rings. The number of anilines is 2. The molecular formula is C11H17FN2OS. The molecule has 1 rings (SSSR count). The predicted molar refractivity (Wildman–Crippen MR) is 68.3 cm³/mol. The lowest BCUT2D eigenvalue weighted by atomic mass is 10.1. The summed E-state index contributed by atoms with van der Waals surface area (Å²) in [4.78, 5) is 0. The highest BCUT2D eigenvalue weighted by atomic mass is 32.2. The number of nitrogens with one attached hydrogen (secondary N) is 1. The van der Waals surface area contributed by atoms with E-state index < -0.39 is 11.4 Å². The number of aliphatic hydroxyl groups is 1. The second kappa shape index (κ2) is 5.41. The zero-order valence-electron chi connectivity index (χ0n) is 9.46. The molecule has 1 unspecified atom stereocenters. The average Bonchev–Trinajstić information content (AvgIpc) is 2.16. The molecule has 1 aromatic carbocycles. The van der Waals surface area contributed by atoms with Gasteiger partial charge in [0.1, 0.15) is 5.82 Å². The Bertz CT molecular complexity index is 358. The first-order valence-electron chi connectivity index (χ1n) is 4.95. The Labute approximate surface area is 99.2 Å². The van der Waals surface area contributed by atoms with Gasteiger partial charge >= 0.3 is 0 Å². The molecule has 0 aliphatic rings. The van der Waals surface area contributed by atoms with Gasteiger partial charge in [-0.25, -0.2) is 4.39 Å². The van der Waals surface area contributed by atoms with Crippen molar-refractivity contribution in [3.05, 3.63) is 24.0 Å². The van der Waals surface area contributed by atoms with Crippen LogP contribution < -0.4 is 11.1 Å². The standard InChI is InChI=1S/C11H17FN2OS/c1-11(15,7-16-2)6-14-10-4-3-8(13)5-9(10)12/h3-5,14-15H,6-7,13H2,1-2H3. The molecule has 3 nitrogen and oxygen atoms in total. The zero-order valence-corrected chi connectivity index (χ0v) is 10.3. The minimum atomic E-state index is -0.854. The maximum Gasteiger partial charge on any atom is 0.148 e. The molecule has 0 amide bonds. The minimum absolute atomic E-state index is 0.300. The molecular weight excluding hydrogens is 227 g/mol. The Hall–Kier alpha value is -0.940. The molecule has 0 aliphatic heterocycles. The third-order valence-corrected chi connectivity index (χ3v) is 3.02. The molecule has 0 bridgehead atoms. The molecule has 1 atom stereocenters. The van der Waals surface area contributed by atoms with Crippen molar-refractivity contribution in [2.45, 2.75) is 12.5 Å². The number of hydrogen-bond donors (Lipinski definition) is 3. The van der Waals surface area contributed by atoms with Crippen LogP contribution in [-0.4, -0.2) is 29.3 Å². The van der Waals surface area contributed by atoms with Crippen LogP contribution in [-0.2, 0) is 0 Å². The van der Waals surface area contributed by atoms with E-state index in [9.17, 15) is 9.50 Å². The van der Waals surface area contributed by atoms with E-state index >= 15 is 0 Å². The van der Waals surface area contributed by atoms with Crippen LogP contribution in [0.4, 0.5) is 15.8 Å². The highest BCUT2D eigenvalue weighted by Crippen LogP contribution is 2.18. The van der Waals surface area contributed by atoms with E-state index in [1.807, 2.05) is 6.26 Å². The summed E-state index contributed by atoms with van der Waals surface area (Å²) in [5, 5.41) is 12.8. The summed E-state index contributed by atoms with van der Waals surface area (Å²) in [7, 11) is 0. The van der Waals surface area contributed by atoms with Gasteiger partial charge < -0.3 is 16.2 Å². The number of halogens is 1. The first-order chi connectivity index (χ1) is 7.44. The molecule has 4 N–H and O–H groups in total. The van der Waals surface area contributed by atoms with E-state index in [-0.39, 0.29) is 0 Å². The van der Waals surface area contributed by atoms with Crippen LogP contribution in [0, 0.1) is 5.82 Å². The number of rotatable bonds is 5. The van der Waals surface area contributed by atoms with Gasteiger partial charge in [-0.3, -0.25) is 0 Å². The van der Waals surface area contributed by atoms with E-state index in [0.29, 0.717) is 23.7 Å². The molecule has 1 aromatic rings. The first kappa shape index (κ1) is 13.1. The lowest BCUT2D eigenvalue weighted by Gasteiger charge is -2.23. The molecule has 0 saturated heterocycles. The summed E-state index contributed by atoms with van der Waals surface area (Å²) in [6.07, 6.45) is 1.91. The van der Waals surface area contributed by atoms with Crippen LogP contribution in [0.15, 0.2) is 18.2 Å². The Morgan fingerprint density at radius 2 is 2.25 bits per heavy atom. The van der Waals surface area contributed by atoms with Crippen LogP contribution in [0.2, 0.25) is 0 Å². The molecule has 0 saturated carbocycles. The molecule has 0 heterocycles. The van der Waals surface area contributed by atoms with E-state index in [0.717, 1.165) is 0 Å². The van der Waals surface area contributed by atoms with Gasteiger partial charge in [-0.05, 0) is 31.4 Å². The van der Waals surface area contributed by atoms with Crippen molar-refractivity contribution in [1.82, 2.24) is 0 Å². The highest BCUT2D eigenvalue weighted by molar-refractivity contribution is 7.98. The van der Waals surface area contributed by atoms with Crippen molar-refractivity contribution in [1.29, 1.82) is 0 Å². The van der Waals surface area contributed by atoms with E-state index in [1.54, 1.807) is 30.8 Å². The topological polar surface area (TPSA) is 58.3 Å². The van der Waals surface area contributed by atoms with Gasteiger partial charge in [0.15, 0.2) is 0 Å². The van der Waals surface area contributed by atoms with Crippen LogP contribution in [0.25, 0.3) is 0 Å². The van der Waals surface area contributed by atoms with Gasteiger partial charge in [0.2, 0.25) is 0 Å². The third kappa shape index (κ3) is 3.90. The Morgan fingerprint density at radius 1 is 1.56 bits per heavy atom. The van der Waals surface area contributed by atoms with Crippen molar-refractivity contribution in [3.8, 4) is 0 Å². The number of benzene rings is 1. The van der Waals surface area contributed by atoms with Gasteiger partial charge in [0.25, 0.3) is 0 Å². The van der Waals surface area contributed by atoms with Crippen molar-refractivity contribution < 1.29 is 9.50 Å². The predicted octanol–water partition coefficient (Wildman–Crippen LogP) is 1.93. The SMILES string of the molecule is CSCC(C)(O)CNc1ccc(N)cc1F. The molecule has 0 spiro atoms. The van der Waals surface area contributed by atoms with Gasteiger partial charge in [-0.15, -0.1) is 0 Å². The quantitative estimate of drug-likeness (QED) is 0.693. The monoisotopic (exact) mass is 244 g/mol. The summed E-state index contributed by atoms with van der Waals surface area (Å²) in [5.41, 5.74) is 5.33.